The summed E-state index contributed by atoms with van der Waals surface area (Å²) in [5.41, 5.74) is 2.38. The molecule has 4 aromatic rings. The Labute approximate surface area is 222 Å². The summed E-state index contributed by atoms with van der Waals surface area (Å²) in [4.78, 5) is 55.6. The maximum Gasteiger partial charge on any atom is 0.410 e. The second-order valence-electron chi connectivity index (χ2n) is 9.21. The van der Waals surface area contributed by atoms with Crippen molar-refractivity contribution in [3.05, 3.63) is 97.0 Å². The number of rotatable bonds is 6. The van der Waals surface area contributed by atoms with Gasteiger partial charge in [-0.25, -0.2) is 9.59 Å². The van der Waals surface area contributed by atoms with E-state index in [1.807, 2.05) is 49.4 Å². The average Bonchev–Trinajstić information content (AvgIpc) is 3.30. The molecule has 38 heavy (non-hydrogen) atoms. The molecule has 2 aromatic carbocycles. The molecule has 0 saturated carbocycles. The molecule has 1 N–H and O–H groups in total. The van der Waals surface area contributed by atoms with Gasteiger partial charge in [0.25, 0.3) is 5.56 Å². The van der Waals surface area contributed by atoms with Crippen LogP contribution in [0.25, 0.3) is 10.2 Å². The lowest BCUT2D eigenvalue weighted by atomic mass is 10.1. The molecular weight excluding hydrogens is 504 g/mol. The molecule has 2 amide bonds. The molecule has 196 valence electrons. The van der Waals surface area contributed by atoms with Gasteiger partial charge in [0, 0.05) is 17.1 Å². The maximum absolute atomic E-state index is 13.7. The van der Waals surface area contributed by atoms with Gasteiger partial charge in [0.2, 0.25) is 5.91 Å². The highest BCUT2D eigenvalue weighted by Crippen LogP contribution is 2.33. The van der Waals surface area contributed by atoms with Gasteiger partial charge in [0.1, 0.15) is 11.4 Å². The average molecular weight is 533 g/mol. The number of thiophene rings is 1. The Hall–Kier alpha value is -4.18. The quantitative estimate of drug-likeness (QED) is 0.408. The SMILES string of the molecule is CCOC(=O)N1CCc2c(sc3c2c(=O)n(Cc2ccccc2)c(=O)n3CC(=O)Nc2ccc(C)cc2)C1. The number of benzene rings is 2. The van der Waals surface area contributed by atoms with Crippen molar-refractivity contribution in [1.29, 1.82) is 0 Å². The molecule has 0 fully saturated rings. The number of fused-ring (bicyclic) bond motifs is 3. The number of hydrogen-bond acceptors (Lipinski definition) is 6. The minimum atomic E-state index is -0.550. The molecule has 10 heteroatoms. The number of amides is 2. The lowest BCUT2D eigenvalue weighted by molar-refractivity contribution is -0.116. The van der Waals surface area contributed by atoms with Gasteiger partial charge in [-0.3, -0.25) is 18.7 Å². The Bertz CT molecular complexity index is 1620. The Morgan fingerprint density at radius 2 is 1.76 bits per heavy atom. The van der Waals surface area contributed by atoms with Crippen LogP contribution in [-0.2, 0) is 35.6 Å². The van der Waals surface area contributed by atoms with Gasteiger partial charge in [-0.15, -0.1) is 11.3 Å². The van der Waals surface area contributed by atoms with Crippen LogP contribution in [0.2, 0.25) is 0 Å². The second kappa shape index (κ2) is 10.7. The molecule has 3 heterocycles. The Balaban J connectivity index is 1.59. The first-order valence-corrected chi connectivity index (χ1v) is 13.3. The molecule has 9 nitrogen and oxygen atoms in total. The lowest BCUT2D eigenvalue weighted by Crippen LogP contribution is -2.42. The predicted molar refractivity (Wildman–Crippen MR) is 147 cm³/mol. The van der Waals surface area contributed by atoms with Gasteiger partial charge < -0.3 is 15.0 Å². The van der Waals surface area contributed by atoms with Gasteiger partial charge in [-0.1, -0.05) is 48.0 Å². The van der Waals surface area contributed by atoms with Crippen LogP contribution in [0.5, 0.6) is 0 Å². The van der Waals surface area contributed by atoms with Crippen LogP contribution in [0.1, 0.15) is 28.5 Å². The van der Waals surface area contributed by atoms with Crippen LogP contribution in [-0.4, -0.2) is 39.2 Å². The number of carbonyl (C=O) groups excluding carboxylic acids is 2. The Kier molecular flexibility index (Phi) is 7.15. The molecule has 0 saturated heterocycles. The van der Waals surface area contributed by atoms with E-state index in [9.17, 15) is 19.2 Å². The third-order valence-electron chi connectivity index (χ3n) is 6.55. The Morgan fingerprint density at radius 1 is 1.03 bits per heavy atom. The summed E-state index contributed by atoms with van der Waals surface area (Å²) < 4.78 is 7.73. The predicted octanol–water partition coefficient (Wildman–Crippen LogP) is 3.73. The van der Waals surface area contributed by atoms with Crippen molar-refractivity contribution in [3.8, 4) is 0 Å². The summed E-state index contributed by atoms with van der Waals surface area (Å²) in [7, 11) is 0. The summed E-state index contributed by atoms with van der Waals surface area (Å²) >= 11 is 1.28. The summed E-state index contributed by atoms with van der Waals surface area (Å²) in [6.45, 7) is 4.52. The monoisotopic (exact) mass is 532 g/mol. The fourth-order valence-electron chi connectivity index (χ4n) is 4.65. The first-order valence-electron chi connectivity index (χ1n) is 12.5. The number of aromatic nitrogens is 2. The summed E-state index contributed by atoms with van der Waals surface area (Å²) in [6, 6.07) is 16.7. The molecule has 0 unspecified atom stereocenters. The minimum Gasteiger partial charge on any atom is -0.450 e. The molecule has 1 aliphatic rings. The summed E-state index contributed by atoms with van der Waals surface area (Å²) in [6.07, 6.45) is 0.0506. The van der Waals surface area contributed by atoms with Crippen molar-refractivity contribution in [2.45, 2.75) is 39.9 Å². The molecule has 0 bridgehead atoms. The van der Waals surface area contributed by atoms with Gasteiger partial charge >= 0.3 is 11.8 Å². The number of aryl methyl sites for hydroxylation is 1. The number of ether oxygens (including phenoxy) is 1. The second-order valence-corrected chi connectivity index (χ2v) is 10.3. The van der Waals surface area contributed by atoms with Gasteiger partial charge in [0.15, 0.2) is 0 Å². The number of nitrogens with zero attached hydrogens (tertiary/aromatic N) is 3. The highest BCUT2D eigenvalue weighted by Gasteiger charge is 2.29. The van der Waals surface area contributed by atoms with Crippen LogP contribution >= 0.6 is 11.3 Å². The van der Waals surface area contributed by atoms with Gasteiger partial charge in [0.05, 0.1) is 25.1 Å². The van der Waals surface area contributed by atoms with E-state index < -0.39 is 11.8 Å². The number of nitrogens with one attached hydrogen (secondary N) is 1. The zero-order valence-corrected chi connectivity index (χ0v) is 22.0. The van der Waals surface area contributed by atoms with Crippen LogP contribution in [0, 0.1) is 6.92 Å². The molecule has 0 atom stereocenters. The molecule has 5 rings (SSSR count). The summed E-state index contributed by atoms with van der Waals surface area (Å²) in [5.74, 6) is -0.373. The lowest BCUT2D eigenvalue weighted by Gasteiger charge is -2.25. The third kappa shape index (κ3) is 4.99. The number of anilines is 1. The zero-order chi connectivity index (χ0) is 26.8. The van der Waals surface area contributed by atoms with E-state index in [0.29, 0.717) is 28.9 Å². The first kappa shape index (κ1) is 25.5. The molecular formula is C28H28N4O5S. The highest BCUT2D eigenvalue weighted by atomic mass is 32.1. The maximum atomic E-state index is 13.7. The highest BCUT2D eigenvalue weighted by molar-refractivity contribution is 7.18. The largest absolute Gasteiger partial charge is 0.450 e. The minimum absolute atomic E-state index is 0.0909. The van der Waals surface area contributed by atoms with E-state index in [1.54, 1.807) is 24.0 Å². The fourth-order valence-corrected chi connectivity index (χ4v) is 6.00. The third-order valence-corrected chi connectivity index (χ3v) is 7.79. The van der Waals surface area contributed by atoms with E-state index in [-0.39, 0.29) is 37.7 Å². The number of carbonyl (C=O) groups is 2. The van der Waals surface area contributed by atoms with Gasteiger partial charge in [-0.2, -0.15) is 0 Å². The standard InChI is InChI=1S/C28H28N4O5S/c1-3-37-28(36)30-14-13-21-22(16-30)38-26-24(21)25(34)31(15-19-7-5-4-6-8-19)27(35)32(26)17-23(33)29-20-11-9-18(2)10-12-20/h4-12H,3,13-17H2,1-2H3,(H,29,33). The van der Waals surface area contributed by atoms with E-state index >= 15 is 0 Å². The van der Waals surface area contributed by atoms with Crippen LogP contribution in [0.3, 0.4) is 0 Å². The van der Waals surface area contributed by atoms with Crippen molar-refractivity contribution in [1.82, 2.24) is 14.0 Å². The van der Waals surface area contributed by atoms with Crippen molar-refractivity contribution >= 4 is 39.2 Å². The van der Waals surface area contributed by atoms with E-state index in [0.717, 1.165) is 21.6 Å². The smallest absolute Gasteiger partial charge is 0.410 e. The van der Waals surface area contributed by atoms with Crippen LogP contribution in [0.4, 0.5) is 10.5 Å². The normalized spacial score (nSPS) is 12.8. The zero-order valence-electron chi connectivity index (χ0n) is 21.2. The molecule has 0 aliphatic carbocycles. The topological polar surface area (TPSA) is 103 Å². The molecule has 2 aromatic heterocycles. The van der Waals surface area contributed by atoms with Gasteiger partial charge in [-0.05, 0) is 43.5 Å². The van der Waals surface area contributed by atoms with Crippen molar-refractivity contribution in [2.24, 2.45) is 0 Å². The molecule has 0 radical (unpaired) electrons. The molecule has 0 spiro atoms. The van der Waals surface area contributed by atoms with E-state index in [1.165, 1.54) is 20.5 Å². The van der Waals surface area contributed by atoms with Crippen molar-refractivity contribution in [2.75, 3.05) is 18.5 Å². The van der Waals surface area contributed by atoms with Crippen molar-refractivity contribution < 1.29 is 14.3 Å². The number of hydrogen-bond donors (Lipinski definition) is 1. The first-order chi connectivity index (χ1) is 18.4. The van der Waals surface area contributed by atoms with Crippen molar-refractivity contribution in [3.63, 3.8) is 0 Å². The summed E-state index contributed by atoms with van der Waals surface area (Å²) in [5, 5.41) is 3.28. The Morgan fingerprint density at radius 3 is 2.47 bits per heavy atom. The fraction of sp³-hybridized carbons (Fsp3) is 0.286. The van der Waals surface area contributed by atoms with E-state index in [2.05, 4.69) is 5.32 Å². The van der Waals surface area contributed by atoms with Crippen LogP contribution < -0.4 is 16.6 Å². The van der Waals surface area contributed by atoms with Crippen LogP contribution in [0.15, 0.2) is 64.2 Å². The van der Waals surface area contributed by atoms with E-state index in [4.69, 9.17) is 4.74 Å². The molecule has 1 aliphatic heterocycles.